The van der Waals surface area contributed by atoms with Gasteiger partial charge in [0.15, 0.2) is 0 Å². The van der Waals surface area contributed by atoms with Gasteiger partial charge < -0.3 is 10.7 Å². The first-order valence-electron chi connectivity index (χ1n) is 11.1. The maximum atomic E-state index is 13.0. The van der Waals surface area contributed by atoms with Crippen molar-refractivity contribution in [2.45, 2.75) is 30.2 Å². The van der Waals surface area contributed by atoms with Gasteiger partial charge in [-0.2, -0.15) is 0 Å². The number of carbonyl (C=O) groups is 2. The summed E-state index contributed by atoms with van der Waals surface area (Å²) in [7, 11) is 0. The molecule has 0 spiro atoms. The van der Waals surface area contributed by atoms with E-state index in [-0.39, 0.29) is 29.7 Å². The average Bonchev–Trinajstić information content (AvgIpc) is 3.44. The molecule has 3 fully saturated rings. The minimum absolute atomic E-state index is 0.0456. The third kappa shape index (κ3) is 2.80. The number of likely N-dealkylation sites (tertiary alicyclic amines) is 1. The first-order valence-corrected chi connectivity index (χ1v) is 12.1. The van der Waals surface area contributed by atoms with Crippen LogP contribution in [0.2, 0.25) is 0 Å². The number of hydrogen-bond donors (Lipinski definition) is 2. The van der Waals surface area contributed by atoms with Crippen molar-refractivity contribution in [3.05, 3.63) is 42.6 Å². The Labute approximate surface area is 180 Å². The minimum atomic E-state index is -0.0812. The molecular formula is C24H27N3O2S. The van der Waals surface area contributed by atoms with Gasteiger partial charge in [0.1, 0.15) is 0 Å². The molecule has 1 saturated heterocycles. The Morgan fingerprint density at radius 1 is 1.10 bits per heavy atom. The number of H-pyrrole nitrogens is 1. The lowest BCUT2D eigenvalue weighted by molar-refractivity contribution is -0.140. The van der Waals surface area contributed by atoms with Crippen LogP contribution in [0, 0.1) is 35.5 Å². The fourth-order valence-corrected chi connectivity index (χ4v) is 7.23. The van der Waals surface area contributed by atoms with E-state index in [2.05, 4.69) is 29.3 Å². The molecule has 2 heterocycles. The summed E-state index contributed by atoms with van der Waals surface area (Å²) in [6.45, 7) is 0.519. The Balaban J connectivity index is 1.03. The molecule has 2 bridgehead atoms. The second-order valence-electron chi connectivity index (χ2n) is 9.39. The molecule has 7 unspecified atom stereocenters. The predicted octanol–water partition coefficient (Wildman–Crippen LogP) is 3.42. The maximum absolute atomic E-state index is 13.0. The van der Waals surface area contributed by atoms with Crippen LogP contribution in [-0.2, 0) is 9.59 Å². The number of nitrogens with one attached hydrogen (secondary N) is 1. The number of amides is 2. The topological polar surface area (TPSA) is 79.2 Å². The monoisotopic (exact) mass is 421 g/mol. The van der Waals surface area contributed by atoms with Crippen LogP contribution in [0.25, 0.3) is 10.9 Å². The lowest BCUT2D eigenvalue weighted by atomic mass is 9.63. The molecule has 2 aromatic rings. The lowest BCUT2D eigenvalue weighted by Crippen LogP contribution is -2.40. The summed E-state index contributed by atoms with van der Waals surface area (Å²) in [5.74, 6) is 2.76. The zero-order chi connectivity index (χ0) is 20.4. The normalized spacial score (nSPS) is 34.5. The molecule has 3 N–H and O–H groups in total. The van der Waals surface area contributed by atoms with Crippen molar-refractivity contribution < 1.29 is 9.59 Å². The Kier molecular flexibility index (Phi) is 4.36. The molecule has 1 aromatic carbocycles. The van der Waals surface area contributed by atoms with Gasteiger partial charge in [-0.1, -0.05) is 30.4 Å². The molecule has 5 nitrogen and oxygen atoms in total. The number of hydrogen-bond acceptors (Lipinski definition) is 4. The minimum Gasteiger partial charge on any atom is -0.360 e. The average molecular weight is 422 g/mol. The first kappa shape index (κ1) is 18.7. The second kappa shape index (κ2) is 6.99. The van der Waals surface area contributed by atoms with Gasteiger partial charge >= 0.3 is 0 Å². The quantitative estimate of drug-likeness (QED) is 0.408. The first-order chi connectivity index (χ1) is 14.6. The molecule has 4 aliphatic carbocycles. The number of fused-ring (bicyclic) bond motifs is 1. The maximum Gasteiger partial charge on any atom is 0.233 e. The standard InChI is InChI=1S/C24H27N3O2S/c25-13(12-30-20-11-26-19-6-2-1-5-16(19)20)4-3-9-27-23(28)21-14-7-8-15(18-10-17(14)18)22(21)24(27)29/h1-2,5-8,11,13-15,17-18,21-22,26H,3-4,9-10,12,25H2. The Morgan fingerprint density at radius 3 is 2.53 bits per heavy atom. The zero-order valence-corrected chi connectivity index (χ0v) is 17.7. The third-order valence-corrected chi connectivity index (χ3v) is 8.96. The highest BCUT2D eigenvalue weighted by Crippen LogP contribution is 2.65. The molecule has 2 saturated carbocycles. The van der Waals surface area contributed by atoms with Crippen LogP contribution < -0.4 is 5.73 Å². The number of imide groups is 1. The number of para-hydroxylation sites is 1. The van der Waals surface area contributed by atoms with Crippen molar-refractivity contribution in [3.8, 4) is 0 Å². The Hall–Kier alpha value is -2.05. The number of carbonyl (C=O) groups excluding carboxylic acids is 2. The van der Waals surface area contributed by atoms with E-state index in [9.17, 15) is 9.59 Å². The van der Waals surface area contributed by atoms with Gasteiger partial charge in [0.05, 0.1) is 11.8 Å². The van der Waals surface area contributed by atoms with Crippen LogP contribution >= 0.6 is 11.8 Å². The summed E-state index contributed by atoms with van der Waals surface area (Å²) < 4.78 is 0. The molecule has 6 heteroatoms. The Morgan fingerprint density at radius 2 is 1.80 bits per heavy atom. The molecule has 2 amide bonds. The molecule has 0 radical (unpaired) electrons. The van der Waals surface area contributed by atoms with Crippen molar-refractivity contribution in [1.29, 1.82) is 0 Å². The van der Waals surface area contributed by atoms with Crippen LogP contribution in [-0.4, -0.2) is 40.0 Å². The third-order valence-electron chi connectivity index (χ3n) is 7.71. The molecule has 5 aliphatic rings. The highest BCUT2D eigenvalue weighted by atomic mass is 32.2. The van der Waals surface area contributed by atoms with Crippen molar-refractivity contribution in [2.24, 2.45) is 41.2 Å². The highest BCUT2D eigenvalue weighted by molar-refractivity contribution is 7.99. The van der Waals surface area contributed by atoms with Crippen LogP contribution in [0.3, 0.4) is 0 Å². The fraction of sp³-hybridized carbons (Fsp3) is 0.500. The lowest BCUT2D eigenvalue weighted by Gasteiger charge is -2.37. The van der Waals surface area contributed by atoms with Gasteiger partial charge in [-0.15, -0.1) is 11.8 Å². The number of rotatable bonds is 7. The molecule has 30 heavy (non-hydrogen) atoms. The number of benzene rings is 1. The van der Waals surface area contributed by atoms with E-state index in [0.29, 0.717) is 30.2 Å². The summed E-state index contributed by atoms with van der Waals surface area (Å²) in [5, 5.41) is 1.23. The van der Waals surface area contributed by atoms with Gasteiger partial charge in [-0.05, 0) is 49.0 Å². The van der Waals surface area contributed by atoms with Crippen molar-refractivity contribution >= 4 is 34.5 Å². The number of aromatic nitrogens is 1. The van der Waals surface area contributed by atoms with E-state index in [1.54, 1.807) is 16.7 Å². The van der Waals surface area contributed by atoms with Crippen LogP contribution in [0.5, 0.6) is 0 Å². The summed E-state index contributed by atoms with van der Waals surface area (Å²) in [5.41, 5.74) is 7.49. The van der Waals surface area contributed by atoms with Crippen LogP contribution in [0.4, 0.5) is 0 Å². The summed E-state index contributed by atoms with van der Waals surface area (Å²) >= 11 is 1.77. The van der Waals surface area contributed by atoms with Crippen molar-refractivity contribution in [3.63, 3.8) is 0 Å². The van der Waals surface area contributed by atoms with Crippen molar-refractivity contribution in [2.75, 3.05) is 12.3 Å². The van der Waals surface area contributed by atoms with Gasteiger partial charge in [0.25, 0.3) is 0 Å². The highest BCUT2D eigenvalue weighted by Gasteiger charge is 2.66. The number of nitrogens with zero attached hydrogens (tertiary/aromatic N) is 1. The molecule has 1 aromatic heterocycles. The molecule has 7 rings (SSSR count). The smallest absolute Gasteiger partial charge is 0.233 e. The second-order valence-corrected chi connectivity index (χ2v) is 10.5. The van der Waals surface area contributed by atoms with Gasteiger partial charge in [-0.25, -0.2) is 0 Å². The summed E-state index contributed by atoms with van der Waals surface area (Å²) in [6, 6.07) is 8.32. The van der Waals surface area contributed by atoms with E-state index in [0.717, 1.165) is 24.1 Å². The summed E-state index contributed by atoms with van der Waals surface area (Å²) in [4.78, 5) is 32.1. The molecule has 156 valence electrons. The van der Waals surface area contributed by atoms with Gasteiger partial charge in [-0.3, -0.25) is 14.5 Å². The van der Waals surface area contributed by atoms with Gasteiger partial charge in [0.2, 0.25) is 11.8 Å². The van der Waals surface area contributed by atoms with E-state index in [4.69, 9.17) is 5.73 Å². The largest absolute Gasteiger partial charge is 0.360 e. The Bertz CT molecular complexity index is 1010. The number of allylic oxidation sites excluding steroid dienone is 2. The summed E-state index contributed by atoms with van der Waals surface area (Å²) in [6.07, 6.45) is 9.30. The van der Waals surface area contributed by atoms with Crippen LogP contribution in [0.15, 0.2) is 47.5 Å². The van der Waals surface area contributed by atoms with Crippen LogP contribution in [0.1, 0.15) is 19.3 Å². The number of thioether (sulfide) groups is 1. The van der Waals surface area contributed by atoms with E-state index in [1.807, 2.05) is 18.3 Å². The number of aromatic amines is 1. The predicted molar refractivity (Wildman–Crippen MR) is 118 cm³/mol. The molecule has 1 aliphatic heterocycles. The van der Waals surface area contributed by atoms with E-state index < -0.39 is 0 Å². The zero-order valence-electron chi connectivity index (χ0n) is 16.9. The van der Waals surface area contributed by atoms with Crippen molar-refractivity contribution in [1.82, 2.24) is 9.88 Å². The molecular weight excluding hydrogens is 394 g/mol. The van der Waals surface area contributed by atoms with Gasteiger partial charge in [0, 0.05) is 40.3 Å². The van der Waals surface area contributed by atoms with E-state index in [1.165, 1.54) is 16.7 Å². The molecule has 7 atom stereocenters. The van der Waals surface area contributed by atoms with E-state index >= 15 is 0 Å². The fourth-order valence-electron chi connectivity index (χ4n) is 6.20. The SMILES string of the molecule is NC(CCCN1C(=O)C2C3C=CC(C4CC34)C2C1=O)CSc1c[nH]c2ccccc12. The number of nitrogens with two attached hydrogens (primary N) is 1.